The molecule has 0 saturated carbocycles. The van der Waals surface area contributed by atoms with Crippen LogP contribution in [0.5, 0.6) is 0 Å². The number of benzene rings is 9. The zero-order chi connectivity index (χ0) is 39.8. The molecule has 11 rings (SSSR count). The number of nitrogens with zero attached hydrogens (tertiary/aromatic N) is 4. The summed E-state index contributed by atoms with van der Waals surface area (Å²) in [7, 11) is 0. The Bertz CT molecular complexity index is 3360. The van der Waals surface area contributed by atoms with E-state index in [1.807, 2.05) is 36.4 Å². The van der Waals surface area contributed by atoms with E-state index in [4.69, 9.17) is 19.9 Å². The first-order chi connectivity index (χ1) is 29.7. The fourth-order valence-electron chi connectivity index (χ4n) is 8.21. The Labute approximate surface area is 348 Å². The molecule has 0 atom stereocenters. The summed E-state index contributed by atoms with van der Waals surface area (Å²) in [6.07, 6.45) is 0. The number of fused-ring (bicyclic) bond motifs is 4. The number of para-hydroxylation sites is 1. The Balaban J connectivity index is 0.965. The van der Waals surface area contributed by atoms with E-state index in [1.54, 1.807) is 0 Å². The molecule has 0 radical (unpaired) electrons. The van der Waals surface area contributed by atoms with Crippen LogP contribution in [0, 0.1) is 0 Å². The highest BCUT2D eigenvalue weighted by atomic mass is 15.0. The van der Waals surface area contributed by atoms with Gasteiger partial charge in [0.2, 0.25) is 0 Å². The lowest BCUT2D eigenvalue weighted by Gasteiger charge is -2.13. The molecule has 0 aliphatic rings. The SMILES string of the molecule is c1ccc(-c2ccc(-c3nc(-c4ccccc4)nc(-c4cccc(-c5cccc(-c6cccc(-c7nc8ccccc8c8cc9ccccc9cc78)c6)c5)c4)n3)cc2)cc1. The normalized spacial score (nSPS) is 11.3. The summed E-state index contributed by atoms with van der Waals surface area (Å²) in [5.74, 6) is 1.89. The molecule has 4 nitrogen and oxygen atoms in total. The fourth-order valence-corrected chi connectivity index (χ4v) is 8.21. The minimum atomic E-state index is 0.625. The molecular weight excluding hydrogens is 729 g/mol. The standard InChI is InChI=1S/C56H36N4/c1-3-14-37(15-4-1)38-28-30-40(31-29-38)55-58-54(39-16-5-2-6-17-39)59-56(60-55)48-25-13-23-44(34-48)42-21-11-20-41(32-42)43-22-12-24-47(33-43)53-51-36-46-19-8-7-18-45(46)35-50(51)49-26-9-10-27-52(49)57-53/h1-36H. The average Bonchev–Trinajstić information content (AvgIpc) is 3.34. The first kappa shape index (κ1) is 35.1. The highest BCUT2D eigenvalue weighted by Gasteiger charge is 2.15. The van der Waals surface area contributed by atoms with Crippen molar-refractivity contribution in [1.82, 2.24) is 19.9 Å². The summed E-state index contributed by atoms with van der Waals surface area (Å²) in [6.45, 7) is 0. The topological polar surface area (TPSA) is 51.6 Å². The number of pyridine rings is 1. The lowest BCUT2D eigenvalue weighted by atomic mass is 9.94. The highest BCUT2D eigenvalue weighted by molar-refractivity contribution is 6.15. The van der Waals surface area contributed by atoms with E-state index < -0.39 is 0 Å². The van der Waals surface area contributed by atoms with Crippen molar-refractivity contribution in [3.8, 4) is 78.8 Å². The average molecular weight is 765 g/mol. The third kappa shape index (κ3) is 6.66. The van der Waals surface area contributed by atoms with Gasteiger partial charge in [-0.25, -0.2) is 19.9 Å². The van der Waals surface area contributed by atoms with Crippen LogP contribution in [0.2, 0.25) is 0 Å². The van der Waals surface area contributed by atoms with Gasteiger partial charge in [0.05, 0.1) is 11.2 Å². The van der Waals surface area contributed by atoms with Gasteiger partial charge in [0.15, 0.2) is 17.5 Å². The first-order valence-electron chi connectivity index (χ1n) is 20.2. The second-order valence-electron chi connectivity index (χ2n) is 15.1. The van der Waals surface area contributed by atoms with Gasteiger partial charge in [-0.15, -0.1) is 0 Å². The molecule has 11 aromatic rings. The second-order valence-corrected chi connectivity index (χ2v) is 15.1. The van der Waals surface area contributed by atoms with Crippen molar-refractivity contribution >= 4 is 32.4 Å². The molecular formula is C56H36N4. The molecule has 2 heterocycles. The molecule has 0 unspecified atom stereocenters. The van der Waals surface area contributed by atoms with Gasteiger partial charge in [0, 0.05) is 33.0 Å². The summed E-state index contributed by atoms with van der Waals surface area (Å²) in [6, 6.07) is 76.5. The summed E-state index contributed by atoms with van der Waals surface area (Å²) in [5, 5.41) is 5.95. The summed E-state index contributed by atoms with van der Waals surface area (Å²) >= 11 is 0. The van der Waals surface area contributed by atoms with Crippen LogP contribution in [-0.2, 0) is 0 Å². The molecule has 0 amide bonds. The molecule has 4 heteroatoms. The molecule has 0 bridgehead atoms. The Morgan fingerprint density at radius 3 is 1.25 bits per heavy atom. The maximum Gasteiger partial charge on any atom is 0.164 e. The van der Waals surface area contributed by atoms with Gasteiger partial charge in [0.1, 0.15) is 0 Å². The van der Waals surface area contributed by atoms with Gasteiger partial charge in [-0.05, 0) is 85.9 Å². The number of hydrogen-bond donors (Lipinski definition) is 0. The summed E-state index contributed by atoms with van der Waals surface area (Å²) < 4.78 is 0. The van der Waals surface area contributed by atoms with Crippen LogP contribution < -0.4 is 0 Å². The fraction of sp³-hybridized carbons (Fsp3) is 0. The van der Waals surface area contributed by atoms with E-state index in [9.17, 15) is 0 Å². The summed E-state index contributed by atoms with van der Waals surface area (Å²) in [4.78, 5) is 20.3. The van der Waals surface area contributed by atoms with E-state index in [-0.39, 0.29) is 0 Å². The minimum Gasteiger partial charge on any atom is -0.247 e. The zero-order valence-electron chi connectivity index (χ0n) is 32.6. The zero-order valence-corrected chi connectivity index (χ0v) is 32.6. The van der Waals surface area contributed by atoms with Crippen molar-refractivity contribution in [1.29, 1.82) is 0 Å². The molecule has 0 N–H and O–H groups in total. The van der Waals surface area contributed by atoms with Crippen molar-refractivity contribution in [2.45, 2.75) is 0 Å². The Morgan fingerprint density at radius 1 is 0.217 bits per heavy atom. The van der Waals surface area contributed by atoms with Crippen molar-refractivity contribution < 1.29 is 0 Å². The van der Waals surface area contributed by atoms with Crippen LogP contribution in [0.25, 0.3) is 111 Å². The Kier molecular flexibility index (Phi) is 8.79. The highest BCUT2D eigenvalue weighted by Crippen LogP contribution is 2.37. The third-order valence-electron chi connectivity index (χ3n) is 11.3. The molecule has 0 spiro atoms. The predicted molar refractivity (Wildman–Crippen MR) is 248 cm³/mol. The molecule has 0 aliphatic carbocycles. The molecule has 9 aromatic carbocycles. The van der Waals surface area contributed by atoms with Gasteiger partial charge in [-0.1, -0.05) is 182 Å². The van der Waals surface area contributed by atoms with Gasteiger partial charge in [0.25, 0.3) is 0 Å². The van der Waals surface area contributed by atoms with Crippen LogP contribution in [0.15, 0.2) is 218 Å². The van der Waals surface area contributed by atoms with Crippen molar-refractivity contribution in [3.63, 3.8) is 0 Å². The van der Waals surface area contributed by atoms with Crippen molar-refractivity contribution in [2.75, 3.05) is 0 Å². The predicted octanol–water partition coefficient (Wildman–Crippen LogP) is 14.4. The van der Waals surface area contributed by atoms with Crippen LogP contribution in [0.4, 0.5) is 0 Å². The van der Waals surface area contributed by atoms with Crippen LogP contribution in [0.1, 0.15) is 0 Å². The third-order valence-corrected chi connectivity index (χ3v) is 11.3. The first-order valence-corrected chi connectivity index (χ1v) is 20.2. The summed E-state index contributed by atoms with van der Waals surface area (Å²) in [5.41, 5.74) is 12.6. The van der Waals surface area contributed by atoms with Gasteiger partial charge in [-0.3, -0.25) is 0 Å². The lowest BCUT2D eigenvalue weighted by molar-refractivity contribution is 1.07. The molecule has 0 fully saturated rings. The molecule has 0 saturated heterocycles. The molecule has 60 heavy (non-hydrogen) atoms. The molecule has 0 aliphatic heterocycles. The van der Waals surface area contributed by atoms with Gasteiger partial charge in [-0.2, -0.15) is 0 Å². The Hall–Kier alpha value is -8.08. The largest absolute Gasteiger partial charge is 0.247 e. The van der Waals surface area contributed by atoms with Gasteiger partial charge >= 0.3 is 0 Å². The van der Waals surface area contributed by atoms with Crippen LogP contribution >= 0.6 is 0 Å². The van der Waals surface area contributed by atoms with E-state index >= 15 is 0 Å². The maximum absolute atomic E-state index is 5.27. The maximum atomic E-state index is 5.27. The van der Waals surface area contributed by atoms with Crippen LogP contribution in [0.3, 0.4) is 0 Å². The smallest absolute Gasteiger partial charge is 0.164 e. The monoisotopic (exact) mass is 764 g/mol. The van der Waals surface area contributed by atoms with Crippen molar-refractivity contribution in [2.24, 2.45) is 0 Å². The quantitative estimate of drug-likeness (QED) is 0.120. The Morgan fingerprint density at radius 2 is 0.617 bits per heavy atom. The van der Waals surface area contributed by atoms with E-state index in [0.717, 1.165) is 72.1 Å². The van der Waals surface area contributed by atoms with E-state index in [2.05, 4.69) is 182 Å². The van der Waals surface area contributed by atoms with E-state index in [1.165, 1.54) is 21.7 Å². The lowest BCUT2D eigenvalue weighted by Crippen LogP contribution is -2.00. The number of aromatic nitrogens is 4. The molecule has 280 valence electrons. The minimum absolute atomic E-state index is 0.625. The van der Waals surface area contributed by atoms with Crippen molar-refractivity contribution in [3.05, 3.63) is 218 Å². The molecule has 2 aromatic heterocycles. The van der Waals surface area contributed by atoms with Gasteiger partial charge < -0.3 is 0 Å². The second kappa shape index (κ2) is 15.0. The van der Waals surface area contributed by atoms with E-state index in [0.29, 0.717) is 17.5 Å². The number of rotatable bonds is 7. The number of hydrogen-bond acceptors (Lipinski definition) is 4. The van der Waals surface area contributed by atoms with Crippen LogP contribution in [-0.4, -0.2) is 19.9 Å².